The number of hydrogen-bond acceptors (Lipinski definition) is 3. The van der Waals surface area contributed by atoms with Crippen molar-refractivity contribution < 1.29 is 0 Å². The first-order chi connectivity index (χ1) is 7.70. The minimum atomic E-state index is 0.623. The minimum Gasteiger partial charge on any atom is -0.397 e. The summed E-state index contributed by atoms with van der Waals surface area (Å²) < 4.78 is 0. The van der Waals surface area contributed by atoms with Crippen molar-refractivity contribution in [2.75, 3.05) is 23.7 Å². The number of aromatic nitrogens is 1. The van der Waals surface area contributed by atoms with Gasteiger partial charge in [0.15, 0.2) is 0 Å². The number of nitrogens with zero attached hydrogens (tertiary/aromatic N) is 2. The Bertz CT molecular complexity index is 367. The molecule has 1 aromatic heterocycles. The molecule has 1 fully saturated rings. The summed E-state index contributed by atoms with van der Waals surface area (Å²) in [6.45, 7) is 4.36. The molecule has 0 aromatic carbocycles. The molecule has 0 radical (unpaired) electrons. The average Bonchev–Trinajstić information content (AvgIpc) is 2.67. The molecule has 1 aliphatic rings. The van der Waals surface area contributed by atoms with Crippen LogP contribution in [0, 0.1) is 5.92 Å². The summed E-state index contributed by atoms with van der Waals surface area (Å²) in [5.41, 5.74) is 6.26. The van der Waals surface area contributed by atoms with Gasteiger partial charge in [0.05, 0.1) is 16.9 Å². The third kappa shape index (κ3) is 2.40. The predicted molar refractivity (Wildman–Crippen MR) is 68.9 cm³/mol. The van der Waals surface area contributed by atoms with E-state index in [1.54, 1.807) is 12.3 Å². The number of hydrogen-bond donors (Lipinski definition) is 1. The van der Waals surface area contributed by atoms with E-state index in [4.69, 9.17) is 17.3 Å². The maximum Gasteiger partial charge on any atom is 0.147 e. The largest absolute Gasteiger partial charge is 0.397 e. The first-order valence-corrected chi connectivity index (χ1v) is 6.24. The summed E-state index contributed by atoms with van der Waals surface area (Å²) in [6.07, 6.45) is 5.47. The molecule has 0 spiro atoms. The topological polar surface area (TPSA) is 42.2 Å². The van der Waals surface area contributed by atoms with Crippen molar-refractivity contribution in [3.05, 3.63) is 17.3 Å². The molecule has 0 aliphatic carbocycles. The Morgan fingerprint density at radius 2 is 2.44 bits per heavy atom. The quantitative estimate of drug-likeness (QED) is 0.882. The Morgan fingerprint density at radius 1 is 1.62 bits per heavy atom. The predicted octanol–water partition coefficient (Wildman–Crippen LogP) is 2.94. The Kier molecular flexibility index (Phi) is 3.54. The molecule has 2 rings (SSSR count). The molecule has 0 saturated carbocycles. The van der Waals surface area contributed by atoms with Crippen molar-refractivity contribution in [2.45, 2.75) is 26.2 Å². The first kappa shape index (κ1) is 11.5. The molecular weight excluding hydrogens is 222 g/mol. The second kappa shape index (κ2) is 4.91. The van der Waals surface area contributed by atoms with E-state index >= 15 is 0 Å². The Balaban J connectivity index is 2.08. The summed E-state index contributed by atoms with van der Waals surface area (Å²) >= 11 is 6.15. The number of rotatable bonds is 3. The zero-order valence-corrected chi connectivity index (χ0v) is 10.4. The van der Waals surface area contributed by atoms with Crippen molar-refractivity contribution in [1.29, 1.82) is 0 Å². The van der Waals surface area contributed by atoms with Gasteiger partial charge < -0.3 is 10.6 Å². The van der Waals surface area contributed by atoms with Gasteiger partial charge in [-0.3, -0.25) is 0 Å². The molecule has 2 N–H and O–H groups in total. The molecule has 0 bridgehead atoms. The molecule has 2 heterocycles. The summed E-state index contributed by atoms with van der Waals surface area (Å²) in [5, 5.41) is 0.664. The Labute approximate surface area is 102 Å². The fourth-order valence-electron chi connectivity index (χ4n) is 2.35. The summed E-state index contributed by atoms with van der Waals surface area (Å²) in [5.74, 6) is 1.68. The van der Waals surface area contributed by atoms with Gasteiger partial charge in [-0.15, -0.1) is 0 Å². The van der Waals surface area contributed by atoms with Crippen LogP contribution in [-0.4, -0.2) is 18.1 Å². The highest BCUT2D eigenvalue weighted by atomic mass is 35.5. The lowest BCUT2D eigenvalue weighted by atomic mass is 10.0. The van der Waals surface area contributed by atoms with E-state index in [0.29, 0.717) is 10.7 Å². The summed E-state index contributed by atoms with van der Waals surface area (Å²) in [4.78, 5) is 6.59. The zero-order chi connectivity index (χ0) is 11.5. The van der Waals surface area contributed by atoms with Crippen LogP contribution in [0.15, 0.2) is 12.3 Å². The fraction of sp³-hybridized carbons (Fsp3) is 0.583. The Hall–Kier alpha value is -0.960. The molecule has 1 aromatic rings. The van der Waals surface area contributed by atoms with Crippen LogP contribution in [0.4, 0.5) is 11.5 Å². The number of nitrogen functional groups attached to an aromatic ring is 1. The first-order valence-electron chi connectivity index (χ1n) is 5.86. The highest BCUT2D eigenvalue weighted by molar-refractivity contribution is 6.33. The van der Waals surface area contributed by atoms with E-state index in [-0.39, 0.29) is 0 Å². The van der Waals surface area contributed by atoms with E-state index in [0.717, 1.165) is 24.8 Å². The fourth-order valence-corrected chi connectivity index (χ4v) is 2.64. The normalized spacial score (nSPS) is 20.4. The van der Waals surface area contributed by atoms with Crippen LogP contribution in [-0.2, 0) is 0 Å². The van der Waals surface area contributed by atoms with Gasteiger partial charge in [0.1, 0.15) is 5.82 Å². The highest BCUT2D eigenvalue weighted by Gasteiger charge is 2.24. The molecule has 16 heavy (non-hydrogen) atoms. The molecule has 1 atom stereocenters. The second-order valence-electron chi connectivity index (χ2n) is 4.46. The van der Waals surface area contributed by atoms with E-state index in [9.17, 15) is 0 Å². The number of nitrogens with two attached hydrogens (primary N) is 1. The van der Waals surface area contributed by atoms with Crippen LogP contribution < -0.4 is 10.6 Å². The number of anilines is 2. The maximum atomic E-state index is 6.15. The highest BCUT2D eigenvalue weighted by Crippen LogP contribution is 2.30. The van der Waals surface area contributed by atoms with E-state index in [2.05, 4.69) is 16.8 Å². The van der Waals surface area contributed by atoms with Gasteiger partial charge in [-0.05, 0) is 24.8 Å². The molecular formula is C12H18ClN3. The standard InChI is InChI=1S/C12H18ClN3/c1-2-3-9-4-5-16(8-9)12-11(13)6-10(14)7-15-12/h6-7,9H,2-5,8,14H2,1H3. The third-order valence-corrected chi connectivity index (χ3v) is 3.40. The van der Waals surface area contributed by atoms with E-state index in [1.165, 1.54) is 19.3 Å². The van der Waals surface area contributed by atoms with Gasteiger partial charge in [-0.25, -0.2) is 4.98 Å². The maximum absolute atomic E-state index is 6.15. The van der Waals surface area contributed by atoms with Gasteiger partial charge in [-0.1, -0.05) is 24.9 Å². The van der Waals surface area contributed by atoms with Crippen molar-refractivity contribution in [1.82, 2.24) is 4.98 Å². The smallest absolute Gasteiger partial charge is 0.147 e. The van der Waals surface area contributed by atoms with E-state index in [1.807, 2.05) is 0 Å². The van der Waals surface area contributed by atoms with Crippen LogP contribution in [0.5, 0.6) is 0 Å². The SMILES string of the molecule is CCCC1CCN(c2ncc(N)cc2Cl)C1. The Morgan fingerprint density at radius 3 is 3.12 bits per heavy atom. The number of pyridine rings is 1. The lowest BCUT2D eigenvalue weighted by Crippen LogP contribution is -2.21. The van der Waals surface area contributed by atoms with Gasteiger partial charge >= 0.3 is 0 Å². The molecule has 1 saturated heterocycles. The van der Waals surface area contributed by atoms with Gasteiger partial charge in [0, 0.05) is 13.1 Å². The zero-order valence-electron chi connectivity index (χ0n) is 9.62. The third-order valence-electron chi connectivity index (χ3n) is 3.13. The van der Waals surface area contributed by atoms with Crippen molar-refractivity contribution in [3.63, 3.8) is 0 Å². The van der Waals surface area contributed by atoms with Gasteiger partial charge in [0.2, 0.25) is 0 Å². The van der Waals surface area contributed by atoms with Crippen molar-refractivity contribution >= 4 is 23.1 Å². The second-order valence-corrected chi connectivity index (χ2v) is 4.87. The molecule has 4 heteroatoms. The lowest BCUT2D eigenvalue weighted by molar-refractivity contribution is 0.529. The minimum absolute atomic E-state index is 0.623. The van der Waals surface area contributed by atoms with Gasteiger partial charge in [-0.2, -0.15) is 0 Å². The van der Waals surface area contributed by atoms with Crippen LogP contribution in [0.2, 0.25) is 5.02 Å². The molecule has 88 valence electrons. The monoisotopic (exact) mass is 239 g/mol. The van der Waals surface area contributed by atoms with Crippen molar-refractivity contribution in [2.24, 2.45) is 5.92 Å². The molecule has 1 aliphatic heterocycles. The molecule has 1 unspecified atom stereocenters. The van der Waals surface area contributed by atoms with E-state index < -0.39 is 0 Å². The molecule has 3 nitrogen and oxygen atoms in total. The lowest BCUT2D eigenvalue weighted by Gasteiger charge is -2.18. The van der Waals surface area contributed by atoms with Crippen LogP contribution >= 0.6 is 11.6 Å². The summed E-state index contributed by atoms with van der Waals surface area (Å²) in [7, 11) is 0. The van der Waals surface area contributed by atoms with Gasteiger partial charge in [0.25, 0.3) is 0 Å². The molecule has 0 amide bonds. The van der Waals surface area contributed by atoms with Crippen molar-refractivity contribution in [3.8, 4) is 0 Å². The van der Waals surface area contributed by atoms with Crippen LogP contribution in [0.3, 0.4) is 0 Å². The summed E-state index contributed by atoms with van der Waals surface area (Å²) in [6, 6.07) is 1.77. The van der Waals surface area contributed by atoms with Crippen LogP contribution in [0.25, 0.3) is 0 Å². The number of halogens is 1. The average molecular weight is 240 g/mol. The van der Waals surface area contributed by atoms with Crippen LogP contribution in [0.1, 0.15) is 26.2 Å².